The molecule has 4 heteroatoms. The van der Waals surface area contributed by atoms with E-state index < -0.39 is 0 Å². The lowest BCUT2D eigenvalue weighted by atomic mass is 10.1. The summed E-state index contributed by atoms with van der Waals surface area (Å²) in [5.41, 5.74) is 0.469. The van der Waals surface area contributed by atoms with Gasteiger partial charge >= 0.3 is 0 Å². The van der Waals surface area contributed by atoms with Gasteiger partial charge in [0.15, 0.2) is 0 Å². The van der Waals surface area contributed by atoms with Gasteiger partial charge in [-0.05, 0) is 46.5 Å². The van der Waals surface area contributed by atoms with Crippen LogP contribution in [-0.2, 0) is 0 Å². The predicted octanol–water partition coefficient (Wildman–Crippen LogP) is 3.36. The topological polar surface area (TPSA) is 29.1 Å². The molecule has 1 rings (SSSR count). The lowest BCUT2D eigenvalue weighted by molar-refractivity contribution is 0.0952. The number of hydrogen-bond acceptors (Lipinski definition) is 1. The van der Waals surface area contributed by atoms with E-state index in [1.54, 1.807) is 0 Å². The number of rotatable bonds is 4. The monoisotopic (exact) mass is 287 g/mol. The molecule has 0 aliphatic carbocycles. The van der Waals surface area contributed by atoms with E-state index in [1.165, 1.54) is 18.2 Å². The molecule has 0 unspecified atom stereocenters. The molecule has 0 spiro atoms. The summed E-state index contributed by atoms with van der Waals surface area (Å²) in [5.74, 6) is 0.0281. The Kier molecular flexibility index (Phi) is 4.93. The van der Waals surface area contributed by atoms with Gasteiger partial charge in [0.1, 0.15) is 5.82 Å². The quantitative estimate of drug-likeness (QED) is 0.904. The van der Waals surface area contributed by atoms with E-state index in [2.05, 4.69) is 35.1 Å². The second-order valence-electron chi connectivity index (χ2n) is 4.07. The molecular weight excluding hydrogens is 273 g/mol. The van der Waals surface area contributed by atoms with Crippen LogP contribution in [0.1, 0.15) is 30.6 Å². The predicted molar refractivity (Wildman–Crippen MR) is 65.9 cm³/mol. The average Bonchev–Trinajstić information content (AvgIpc) is 2.21. The van der Waals surface area contributed by atoms with Crippen LogP contribution in [0.5, 0.6) is 0 Å². The molecule has 0 fully saturated rings. The van der Waals surface area contributed by atoms with E-state index in [1.807, 2.05) is 0 Å². The van der Waals surface area contributed by atoms with E-state index in [-0.39, 0.29) is 11.7 Å². The molecule has 1 aromatic rings. The fourth-order valence-electron chi connectivity index (χ4n) is 1.21. The highest BCUT2D eigenvalue weighted by atomic mass is 79.9. The van der Waals surface area contributed by atoms with Crippen molar-refractivity contribution in [2.75, 3.05) is 6.54 Å². The van der Waals surface area contributed by atoms with Crippen LogP contribution in [0.3, 0.4) is 0 Å². The molecule has 2 nitrogen and oxygen atoms in total. The number of halogens is 2. The van der Waals surface area contributed by atoms with Crippen molar-refractivity contribution in [3.05, 3.63) is 34.1 Å². The largest absolute Gasteiger partial charge is 0.352 e. The molecule has 0 radical (unpaired) electrons. The zero-order chi connectivity index (χ0) is 12.1. The molecule has 0 bridgehead atoms. The summed E-state index contributed by atoms with van der Waals surface area (Å²) in [7, 11) is 0. The Hall–Kier alpha value is -0.900. The Balaban J connectivity index is 2.56. The van der Waals surface area contributed by atoms with Crippen molar-refractivity contribution in [3.63, 3.8) is 0 Å². The maximum Gasteiger partial charge on any atom is 0.251 e. The van der Waals surface area contributed by atoms with Crippen molar-refractivity contribution in [2.45, 2.75) is 20.3 Å². The summed E-state index contributed by atoms with van der Waals surface area (Å²) < 4.78 is 13.3. The zero-order valence-corrected chi connectivity index (χ0v) is 11.0. The summed E-state index contributed by atoms with van der Waals surface area (Å²) >= 11 is 3.05. The van der Waals surface area contributed by atoms with Gasteiger partial charge in [0.2, 0.25) is 0 Å². The maximum atomic E-state index is 12.9. The van der Waals surface area contributed by atoms with Crippen LogP contribution in [0.2, 0.25) is 0 Å². The third kappa shape index (κ3) is 3.93. The first kappa shape index (κ1) is 13.2. The van der Waals surface area contributed by atoms with Crippen molar-refractivity contribution in [2.24, 2.45) is 5.92 Å². The van der Waals surface area contributed by atoms with Crippen LogP contribution in [0.25, 0.3) is 0 Å². The van der Waals surface area contributed by atoms with Gasteiger partial charge in [-0.15, -0.1) is 0 Å². The second-order valence-corrected chi connectivity index (χ2v) is 4.92. The van der Waals surface area contributed by atoms with Crippen LogP contribution in [-0.4, -0.2) is 12.5 Å². The normalized spacial score (nSPS) is 10.6. The summed E-state index contributed by atoms with van der Waals surface area (Å²) in [6, 6.07) is 4.24. The van der Waals surface area contributed by atoms with Crippen LogP contribution in [0.4, 0.5) is 4.39 Å². The van der Waals surface area contributed by atoms with Gasteiger partial charge in [-0.25, -0.2) is 4.39 Å². The van der Waals surface area contributed by atoms with Crippen LogP contribution >= 0.6 is 15.9 Å². The lowest BCUT2D eigenvalue weighted by Gasteiger charge is -2.07. The van der Waals surface area contributed by atoms with Crippen LogP contribution < -0.4 is 5.32 Å². The van der Waals surface area contributed by atoms with E-state index in [0.29, 0.717) is 22.5 Å². The molecule has 1 amide bonds. The smallest absolute Gasteiger partial charge is 0.251 e. The van der Waals surface area contributed by atoms with E-state index in [0.717, 1.165) is 6.42 Å². The van der Waals surface area contributed by atoms with Gasteiger partial charge in [0, 0.05) is 12.1 Å². The Morgan fingerprint density at radius 2 is 2.19 bits per heavy atom. The highest BCUT2D eigenvalue weighted by molar-refractivity contribution is 9.10. The number of benzene rings is 1. The fourth-order valence-corrected chi connectivity index (χ4v) is 1.59. The molecule has 1 aromatic carbocycles. The minimum atomic E-state index is -0.362. The van der Waals surface area contributed by atoms with Gasteiger partial charge in [0.25, 0.3) is 5.91 Å². The van der Waals surface area contributed by atoms with Gasteiger partial charge in [-0.3, -0.25) is 4.79 Å². The second kappa shape index (κ2) is 5.99. The first-order valence-corrected chi connectivity index (χ1v) is 6.03. The van der Waals surface area contributed by atoms with E-state index in [4.69, 9.17) is 0 Å². The summed E-state index contributed by atoms with van der Waals surface area (Å²) in [4.78, 5) is 11.6. The van der Waals surface area contributed by atoms with Gasteiger partial charge < -0.3 is 5.32 Å². The molecule has 0 aliphatic rings. The Labute approximate surface area is 103 Å². The maximum absolute atomic E-state index is 12.9. The zero-order valence-electron chi connectivity index (χ0n) is 9.39. The van der Waals surface area contributed by atoms with Crippen molar-refractivity contribution in [1.29, 1.82) is 0 Å². The highest BCUT2D eigenvalue weighted by Gasteiger charge is 2.07. The molecule has 0 heterocycles. The molecule has 16 heavy (non-hydrogen) atoms. The molecular formula is C12H15BrFNO. The van der Waals surface area contributed by atoms with Crippen molar-refractivity contribution in [3.8, 4) is 0 Å². The van der Waals surface area contributed by atoms with Crippen molar-refractivity contribution in [1.82, 2.24) is 5.32 Å². The Morgan fingerprint density at radius 1 is 1.50 bits per heavy atom. The van der Waals surface area contributed by atoms with Crippen molar-refractivity contribution < 1.29 is 9.18 Å². The van der Waals surface area contributed by atoms with Crippen molar-refractivity contribution >= 4 is 21.8 Å². The minimum absolute atomic E-state index is 0.165. The third-order valence-corrected chi connectivity index (χ3v) is 2.80. The molecule has 0 atom stereocenters. The molecule has 0 saturated heterocycles. The van der Waals surface area contributed by atoms with Crippen LogP contribution in [0.15, 0.2) is 22.7 Å². The Morgan fingerprint density at radius 3 is 2.75 bits per heavy atom. The van der Waals surface area contributed by atoms with E-state index >= 15 is 0 Å². The molecule has 88 valence electrons. The fraction of sp³-hybridized carbons (Fsp3) is 0.417. The van der Waals surface area contributed by atoms with Crippen LogP contribution in [0, 0.1) is 11.7 Å². The third-order valence-electron chi connectivity index (χ3n) is 2.19. The van der Waals surface area contributed by atoms with Gasteiger partial charge in [-0.1, -0.05) is 13.8 Å². The molecule has 0 saturated carbocycles. The number of nitrogens with one attached hydrogen (secondary N) is 1. The first-order chi connectivity index (χ1) is 7.50. The highest BCUT2D eigenvalue weighted by Crippen LogP contribution is 2.16. The van der Waals surface area contributed by atoms with Gasteiger partial charge in [-0.2, -0.15) is 0 Å². The lowest BCUT2D eigenvalue weighted by Crippen LogP contribution is -2.25. The number of carbonyl (C=O) groups is 1. The average molecular weight is 288 g/mol. The standard InChI is InChI=1S/C12H15BrFNO/c1-8(2)5-6-15-12(16)9-3-4-11(14)10(13)7-9/h3-4,7-8H,5-6H2,1-2H3,(H,15,16). The number of carbonyl (C=O) groups excluding carboxylic acids is 1. The Bertz CT molecular complexity index is 379. The SMILES string of the molecule is CC(C)CCNC(=O)c1ccc(F)c(Br)c1. The summed E-state index contributed by atoms with van der Waals surface area (Å²) in [6.45, 7) is 4.84. The molecule has 0 aromatic heterocycles. The number of hydrogen-bond donors (Lipinski definition) is 1. The first-order valence-electron chi connectivity index (χ1n) is 5.24. The summed E-state index contributed by atoms with van der Waals surface area (Å²) in [6.07, 6.45) is 0.939. The minimum Gasteiger partial charge on any atom is -0.352 e. The van der Waals surface area contributed by atoms with E-state index in [9.17, 15) is 9.18 Å². The number of amides is 1. The van der Waals surface area contributed by atoms with Gasteiger partial charge in [0.05, 0.1) is 4.47 Å². The molecule has 0 aliphatic heterocycles. The molecule has 1 N–H and O–H groups in total. The summed E-state index contributed by atoms with van der Waals surface area (Å²) in [5, 5.41) is 2.79.